The summed E-state index contributed by atoms with van der Waals surface area (Å²) < 4.78 is 4.76. The molecule has 2 rings (SSSR count). The van der Waals surface area contributed by atoms with Gasteiger partial charge in [0.25, 0.3) is 0 Å². The smallest absolute Gasteiger partial charge is 0.308 e. The number of carbonyl (C=O) groups is 1. The Bertz CT molecular complexity index is 525. The van der Waals surface area contributed by atoms with Crippen LogP contribution in [0.3, 0.4) is 0 Å². The fourth-order valence-electron chi connectivity index (χ4n) is 2.42. The van der Waals surface area contributed by atoms with Crippen LogP contribution in [0.1, 0.15) is 24.8 Å². The summed E-state index contributed by atoms with van der Waals surface area (Å²) in [5, 5.41) is 12.6. The zero-order chi connectivity index (χ0) is 13.8. The molecule has 0 amide bonds. The molecule has 1 aliphatic rings. The van der Waals surface area contributed by atoms with E-state index in [4.69, 9.17) is 21.6 Å². The van der Waals surface area contributed by atoms with Crippen molar-refractivity contribution in [1.82, 2.24) is 0 Å². The van der Waals surface area contributed by atoms with Crippen molar-refractivity contribution in [1.29, 1.82) is 5.26 Å². The molecule has 100 valence electrons. The minimum Gasteiger partial charge on any atom is -0.469 e. The maximum atomic E-state index is 11.4. The van der Waals surface area contributed by atoms with Gasteiger partial charge >= 0.3 is 5.97 Å². The summed E-state index contributed by atoms with van der Waals surface area (Å²) in [6.45, 7) is 0. The molecule has 1 aromatic rings. The predicted octanol–water partition coefficient (Wildman–Crippen LogP) is 2.97. The fourth-order valence-corrected chi connectivity index (χ4v) is 2.65. The first-order valence-corrected chi connectivity index (χ1v) is 6.56. The van der Waals surface area contributed by atoms with Gasteiger partial charge in [0, 0.05) is 11.7 Å². The van der Waals surface area contributed by atoms with Gasteiger partial charge in [-0.15, -0.1) is 0 Å². The molecule has 1 N–H and O–H groups in total. The van der Waals surface area contributed by atoms with E-state index in [2.05, 4.69) is 5.32 Å². The minimum atomic E-state index is -0.137. The molecule has 0 radical (unpaired) electrons. The SMILES string of the molecule is COC(=O)[C@H]1CC[C@@H](Nc2ccc(C#N)c(Cl)c2)C1. The highest BCUT2D eigenvalue weighted by Crippen LogP contribution is 2.30. The number of nitrogens with one attached hydrogen (secondary N) is 1. The summed E-state index contributed by atoms with van der Waals surface area (Å²) in [7, 11) is 1.42. The van der Waals surface area contributed by atoms with Crippen LogP contribution in [0.5, 0.6) is 0 Å². The minimum absolute atomic E-state index is 0.0173. The summed E-state index contributed by atoms with van der Waals surface area (Å²) in [5.74, 6) is -0.154. The van der Waals surface area contributed by atoms with Crippen molar-refractivity contribution in [3.8, 4) is 6.07 Å². The number of esters is 1. The lowest BCUT2D eigenvalue weighted by molar-refractivity contribution is -0.145. The summed E-state index contributed by atoms with van der Waals surface area (Å²) in [6, 6.07) is 7.53. The zero-order valence-electron chi connectivity index (χ0n) is 10.6. The van der Waals surface area contributed by atoms with Crippen LogP contribution in [0.15, 0.2) is 18.2 Å². The van der Waals surface area contributed by atoms with E-state index < -0.39 is 0 Å². The molecule has 0 bridgehead atoms. The number of hydrogen-bond acceptors (Lipinski definition) is 4. The number of halogens is 1. The van der Waals surface area contributed by atoms with Crippen molar-refractivity contribution in [2.24, 2.45) is 5.92 Å². The van der Waals surface area contributed by atoms with Gasteiger partial charge < -0.3 is 10.1 Å². The first-order valence-electron chi connectivity index (χ1n) is 6.18. The third-order valence-electron chi connectivity index (χ3n) is 3.43. The Morgan fingerprint density at radius 2 is 2.32 bits per heavy atom. The molecule has 4 nitrogen and oxygen atoms in total. The van der Waals surface area contributed by atoms with Crippen molar-refractivity contribution >= 4 is 23.3 Å². The Kier molecular flexibility index (Phi) is 4.28. The molecule has 1 fully saturated rings. The summed E-state index contributed by atoms with van der Waals surface area (Å²) in [6.07, 6.45) is 2.54. The van der Waals surface area contributed by atoms with Crippen LogP contribution in [0.4, 0.5) is 5.69 Å². The first kappa shape index (κ1) is 13.7. The first-order chi connectivity index (χ1) is 9.13. The molecule has 1 aromatic carbocycles. The number of methoxy groups -OCH3 is 1. The van der Waals surface area contributed by atoms with Crippen molar-refractivity contribution in [2.45, 2.75) is 25.3 Å². The van der Waals surface area contributed by atoms with Crippen LogP contribution in [-0.2, 0) is 9.53 Å². The van der Waals surface area contributed by atoms with E-state index in [1.807, 2.05) is 12.1 Å². The molecule has 0 saturated heterocycles. The molecule has 1 saturated carbocycles. The van der Waals surface area contributed by atoms with Crippen LogP contribution >= 0.6 is 11.6 Å². The largest absolute Gasteiger partial charge is 0.469 e. The number of anilines is 1. The molecule has 0 spiro atoms. The van der Waals surface area contributed by atoms with Crippen LogP contribution < -0.4 is 5.32 Å². The van der Waals surface area contributed by atoms with Gasteiger partial charge in [0.15, 0.2) is 0 Å². The van der Waals surface area contributed by atoms with E-state index in [0.29, 0.717) is 10.6 Å². The van der Waals surface area contributed by atoms with Crippen molar-refractivity contribution in [3.63, 3.8) is 0 Å². The Morgan fingerprint density at radius 3 is 2.95 bits per heavy atom. The van der Waals surface area contributed by atoms with Gasteiger partial charge in [0.2, 0.25) is 0 Å². The van der Waals surface area contributed by atoms with E-state index >= 15 is 0 Å². The van der Waals surface area contributed by atoms with Gasteiger partial charge in [-0.25, -0.2) is 0 Å². The van der Waals surface area contributed by atoms with Crippen LogP contribution in [0, 0.1) is 17.2 Å². The quantitative estimate of drug-likeness (QED) is 0.864. The van der Waals surface area contributed by atoms with E-state index in [-0.39, 0.29) is 17.9 Å². The number of carbonyl (C=O) groups excluding carboxylic acids is 1. The second-order valence-corrected chi connectivity index (χ2v) is 5.09. The molecule has 0 unspecified atom stereocenters. The number of nitriles is 1. The number of ether oxygens (including phenoxy) is 1. The van der Waals surface area contributed by atoms with Gasteiger partial charge in [-0.3, -0.25) is 4.79 Å². The lowest BCUT2D eigenvalue weighted by Crippen LogP contribution is -2.18. The normalized spacial score (nSPS) is 21.7. The maximum absolute atomic E-state index is 11.4. The Labute approximate surface area is 117 Å². The van der Waals surface area contributed by atoms with Gasteiger partial charge in [-0.2, -0.15) is 5.26 Å². The fraction of sp³-hybridized carbons (Fsp3) is 0.429. The monoisotopic (exact) mass is 278 g/mol. The lowest BCUT2D eigenvalue weighted by atomic mass is 10.1. The number of hydrogen-bond donors (Lipinski definition) is 1. The molecule has 5 heteroatoms. The Morgan fingerprint density at radius 1 is 1.53 bits per heavy atom. The third kappa shape index (κ3) is 3.18. The number of rotatable bonds is 3. The highest BCUT2D eigenvalue weighted by Gasteiger charge is 2.30. The molecule has 1 aliphatic carbocycles. The highest BCUT2D eigenvalue weighted by molar-refractivity contribution is 6.32. The standard InChI is InChI=1S/C14H15ClN2O2/c1-19-14(18)9-2-4-11(6-9)17-12-5-3-10(8-16)13(15)7-12/h3,5,7,9,11,17H,2,4,6H2,1H3/t9-,11+/m0/s1. The predicted molar refractivity (Wildman–Crippen MR) is 72.9 cm³/mol. The average Bonchev–Trinajstić information content (AvgIpc) is 2.86. The average molecular weight is 279 g/mol. The number of nitrogens with zero attached hydrogens (tertiary/aromatic N) is 1. The molecular weight excluding hydrogens is 264 g/mol. The molecule has 0 heterocycles. The molecular formula is C14H15ClN2O2. The van der Waals surface area contributed by atoms with E-state index in [9.17, 15) is 4.79 Å². The number of benzene rings is 1. The van der Waals surface area contributed by atoms with Crippen molar-refractivity contribution in [3.05, 3.63) is 28.8 Å². The molecule has 2 atom stereocenters. The summed E-state index contributed by atoms with van der Waals surface area (Å²) >= 11 is 5.98. The van der Waals surface area contributed by atoms with Crippen LogP contribution in [-0.4, -0.2) is 19.1 Å². The van der Waals surface area contributed by atoms with Crippen LogP contribution in [0.2, 0.25) is 5.02 Å². The highest BCUT2D eigenvalue weighted by atomic mass is 35.5. The Hall–Kier alpha value is -1.73. The second-order valence-electron chi connectivity index (χ2n) is 4.68. The molecule has 0 aromatic heterocycles. The summed E-state index contributed by atoms with van der Waals surface area (Å²) in [5.41, 5.74) is 1.34. The molecule has 0 aliphatic heterocycles. The van der Waals surface area contributed by atoms with Gasteiger partial charge in [0.05, 0.1) is 23.6 Å². The van der Waals surface area contributed by atoms with Crippen molar-refractivity contribution < 1.29 is 9.53 Å². The lowest BCUT2D eigenvalue weighted by Gasteiger charge is -2.14. The van der Waals surface area contributed by atoms with E-state index in [1.54, 1.807) is 12.1 Å². The third-order valence-corrected chi connectivity index (χ3v) is 3.74. The van der Waals surface area contributed by atoms with E-state index in [0.717, 1.165) is 24.9 Å². The summed E-state index contributed by atoms with van der Waals surface area (Å²) in [4.78, 5) is 11.4. The molecule has 19 heavy (non-hydrogen) atoms. The zero-order valence-corrected chi connectivity index (χ0v) is 11.4. The van der Waals surface area contributed by atoms with Gasteiger partial charge in [-0.1, -0.05) is 11.6 Å². The van der Waals surface area contributed by atoms with Crippen molar-refractivity contribution in [2.75, 3.05) is 12.4 Å². The maximum Gasteiger partial charge on any atom is 0.308 e. The topological polar surface area (TPSA) is 62.1 Å². The Balaban J connectivity index is 1.98. The van der Waals surface area contributed by atoms with Crippen LogP contribution in [0.25, 0.3) is 0 Å². The second kappa shape index (κ2) is 5.94. The van der Waals surface area contributed by atoms with E-state index in [1.165, 1.54) is 7.11 Å². The van der Waals surface area contributed by atoms with Gasteiger partial charge in [0.1, 0.15) is 6.07 Å². The van der Waals surface area contributed by atoms with Gasteiger partial charge in [-0.05, 0) is 37.5 Å².